The number of benzene rings is 1. The summed E-state index contributed by atoms with van der Waals surface area (Å²) in [5, 5.41) is 20.2. The monoisotopic (exact) mass is 486 g/mol. The Bertz CT molecular complexity index is 729. The van der Waals surface area contributed by atoms with Crippen LogP contribution in [0.3, 0.4) is 0 Å². The summed E-state index contributed by atoms with van der Waals surface area (Å²) in [7, 11) is 1.54. The number of H-pyrrole nitrogens is 1. The van der Waals surface area contributed by atoms with E-state index in [9.17, 15) is 5.11 Å². The third-order valence-electron chi connectivity index (χ3n) is 4.60. The number of aromatic nitrogens is 3. The number of aliphatic imine (C=N–C) groups is 1. The SMILES string of the molecule is CCNC(=NCc1ccc(OC)c(O)c1)N1CCC(c2ncn[nH]2)CC1.I. The Kier molecular flexibility index (Phi) is 8.14. The average molecular weight is 486 g/mol. The van der Waals surface area contributed by atoms with Gasteiger partial charge < -0.3 is 20.1 Å². The van der Waals surface area contributed by atoms with Crippen LogP contribution in [0.2, 0.25) is 0 Å². The van der Waals surface area contributed by atoms with E-state index in [1.165, 1.54) is 0 Å². The summed E-state index contributed by atoms with van der Waals surface area (Å²) in [5.74, 6) is 2.91. The zero-order valence-corrected chi connectivity index (χ0v) is 18.0. The number of guanidine groups is 1. The van der Waals surface area contributed by atoms with Crippen molar-refractivity contribution in [2.24, 2.45) is 4.99 Å². The molecule has 0 bridgehead atoms. The number of ether oxygens (including phenoxy) is 1. The molecule has 1 saturated heterocycles. The van der Waals surface area contributed by atoms with Crippen molar-refractivity contribution in [3.63, 3.8) is 0 Å². The van der Waals surface area contributed by atoms with Crippen molar-refractivity contribution in [1.82, 2.24) is 25.4 Å². The number of hydrogen-bond donors (Lipinski definition) is 3. The standard InChI is InChI=1S/C18H26N6O2.HI/c1-3-19-18(20-11-13-4-5-16(26-2)15(25)10-13)24-8-6-14(7-9-24)17-21-12-22-23-17;/h4-5,10,12,14,25H,3,6-9,11H2,1-2H3,(H,19,20)(H,21,22,23);1H. The molecule has 0 atom stereocenters. The number of phenolic OH excluding ortho intramolecular Hbond substituents is 1. The van der Waals surface area contributed by atoms with E-state index >= 15 is 0 Å². The van der Waals surface area contributed by atoms with Crippen LogP contribution < -0.4 is 10.1 Å². The lowest BCUT2D eigenvalue weighted by molar-refractivity contribution is 0.299. The molecule has 0 spiro atoms. The van der Waals surface area contributed by atoms with Gasteiger partial charge in [0.2, 0.25) is 0 Å². The van der Waals surface area contributed by atoms with Crippen molar-refractivity contribution in [3.05, 3.63) is 35.9 Å². The van der Waals surface area contributed by atoms with Gasteiger partial charge in [0, 0.05) is 25.6 Å². The minimum Gasteiger partial charge on any atom is -0.504 e. The van der Waals surface area contributed by atoms with Crippen LogP contribution in [-0.2, 0) is 6.54 Å². The van der Waals surface area contributed by atoms with Crippen molar-refractivity contribution < 1.29 is 9.84 Å². The molecule has 2 heterocycles. The number of aromatic amines is 1. The van der Waals surface area contributed by atoms with Crippen LogP contribution in [0.25, 0.3) is 0 Å². The smallest absolute Gasteiger partial charge is 0.194 e. The van der Waals surface area contributed by atoms with E-state index in [4.69, 9.17) is 9.73 Å². The van der Waals surface area contributed by atoms with Crippen molar-refractivity contribution >= 4 is 29.9 Å². The number of methoxy groups -OCH3 is 1. The largest absolute Gasteiger partial charge is 0.504 e. The summed E-state index contributed by atoms with van der Waals surface area (Å²) in [4.78, 5) is 11.3. The lowest BCUT2D eigenvalue weighted by Crippen LogP contribution is -2.45. The first-order valence-electron chi connectivity index (χ1n) is 8.95. The van der Waals surface area contributed by atoms with Gasteiger partial charge in [-0.3, -0.25) is 5.10 Å². The lowest BCUT2D eigenvalue weighted by Gasteiger charge is -2.33. The molecule has 0 unspecified atom stereocenters. The summed E-state index contributed by atoms with van der Waals surface area (Å²) in [6.07, 6.45) is 3.60. The highest BCUT2D eigenvalue weighted by Gasteiger charge is 2.24. The van der Waals surface area contributed by atoms with Gasteiger partial charge in [-0.15, -0.1) is 24.0 Å². The molecule has 1 aliphatic rings. The summed E-state index contributed by atoms with van der Waals surface area (Å²) in [6.45, 7) is 5.22. The highest BCUT2D eigenvalue weighted by atomic mass is 127. The Balaban J connectivity index is 0.00000261. The first kappa shape index (κ1) is 21.3. The second-order valence-electron chi connectivity index (χ2n) is 6.31. The van der Waals surface area contributed by atoms with E-state index in [-0.39, 0.29) is 29.7 Å². The fourth-order valence-corrected chi connectivity index (χ4v) is 3.20. The highest BCUT2D eigenvalue weighted by Crippen LogP contribution is 2.27. The van der Waals surface area contributed by atoms with Gasteiger partial charge in [-0.25, -0.2) is 9.98 Å². The zero-order valence-electron chi connectivity index (χ0n) is 15.7. The maximum Gasteiger partial charge on any atom is 0.194 e. The van der Waals surface area contributed by atoms with Crippen molar-refractivity contribution in [3.8, 4) is 11.5 Å². The Labute approximate surface area is 176 Å². The molecule has 9 heteroatoms. The second kappa shape index (κ2) is 10.3. The van der Waals surface area contributed by atoms with Gasteiger partial charge in [0.15, 0.2) is 17.5 Å². The molecule has 148 valence electrons. The van der Waals surface area contributed by atoms with Gasteiger partial charge in [0.25, 0.3) is 0 Å². The van der Waals surface area contributed by atoms with Crippen molar-refractivity contribution in [2.45, 2.75) is 32.2 Å². The zero-order chi connectivity index (χ0) is 18.4. The number of nitrogens with one attached hydrogen (secondary N) is 2. The first-order chi connectivity index (χ1) is 12.7. The number of hydrogen-bond acceptors (Lipinski definition) is 5. The number of rotatable bonds is 5. The third kappa shape index (κ3) is 5.47. The minimum absolute atomic E-state index is 0. The molecule has 1 fully saturated rings. The Morgan fingerprint density at radius 2 is 2.19 bits per heavy atom. The highest BCUT2D eigenvalue weighted by molar-refractivity contribution is 14.0. The Morgan fingerprint density at radius 3 is 2.78 bits per heavy atom. The first-order valence-corrected chi connectivity index (χ1v) is 8.95. The fourth-order valence-electron chi connectivity index (χ4n) is 3.20. The summed E-state index contributed by atoms with van der Waals surface area (Å²) < 4.78 is 5.08. The molecule has 8 nitrogen and oxygen atoms in total. The second-order valence-corrected chi connectivity index (χ2v) is 6.31. The van der Waals surface area contributed by atoms with Crippen molar-refractivity contribution in [2.75, 3.05) is 26.7 Å². The van der Waals surface area contributed by atoms with E-state index in [0.717, 1.165) is 49.8 Å². The van der Waals surface area contributed by atoms with Gasteiger partial charge in [-0.2, -0.15) is 5.10 Å². The van der Waals surface area contributed by atoms with E-state index in [1.54, 1.807) is 25.6 Å². The quantitative estimate of drug-likeness (QED) is 0.341. The topological polar surface area (TPSA) is 98.7 Å². The molecule has 0 saturated carbocycles. The van der Waals surface area contributed by atoms with E-state index in [2.05, 4.69) is 32.3 Å². The minimum atomic E-state index is 0. The third-order valence-corrected chi connectivity index (χ3v) is 4.60. The molecule has 1 aromatic heterocycles. The Morgan fingerprint density at radius 1 is 1.41 bits per heavy atom. The molecule has 0 radical (unpaired) electrons. The van der Waals surface area contributed by atoms with E-state index in [0.29, 0.717) is 18.2 Å². The van der Waals surface area contributed by atoms with Gasteiger partial charge >= 0.3 is 0 Å². The lowest BCUT2D eigenvalue weighted by atomic mass is 9.96. The average Bonchev–Trinajstić information content (AvgIpc) is 3.20. The van der Waals surface area contributed by atoms with Crippen LogP contribution in [-0.4, -0.2) is 57.9 Å². The van der Waals surface area contributed by atoms with E-state index in [1.807, 2.05) is 6.07 Å². The van der Waals surface area contributed by atoms with E-state index < -0.39 is 0 Å². The number of phenols is 1. The predicted molar refractivity (Wildman–Crippen MR) is 115 cm³/mol. The number of aromatic hydroxyl groups is 1. The fraction of sp³-hybridized carbons (Fsp3) is 0.500. The molecular weight excluding hydrogens is 459 g/mol. The van der Waals surface area contributed by atoms with Crippen LogP contribution in [0, 0.1) is 0 Å². The number of nitrogens with zero attached hydrogens (tertiary/aromatic N) is 4. The molecule has 0 amide bonds. The van der Waals surface area contributed by atoms with Crippen LogP contribution in [0.4, 0.5) is 0 Å². The van der Waals surface area contributed by atoms with Gasteiger partial charge in [0.1, 0.15) is 12.2 Å². The predicted octanol–water partition coefficient (Wildman–Crippen LogP) is 2.48. The molecular formula is C18H27IN6O2. The molecule has 3 rings (SSSR count). The van der Waals surface area contributed by atoms with Crippen LogP contribution in [0.1, 0.15) is 37.1 Å². The normalized spacial score (nSPS) is 15.3. The van der Waals surface area contributed by atoms with Gasteiger partial charge in [0.05, 0.1) is 13.7 Å². The summed E-state index contributed by atoms with van der Waals surface area (Å²) in [6, 6.07) is 5.37. The molecule has 27 heavy (non-hydrogen) atoms. The van der Waals surface area contributed by atoms with Crippen LogP contribution in [0.5, 0.6) is 11.5 Å². The Hall–Kier alpha value is -2.04. The molecule has 2 aromatic rings. The maximum atomic E-state index is 9.91. The molecule has 1 aromatic carbocycles. The molecule has 0 aliphatic carbocycles. The summed E-state index contributed by atoms with van der Waals surface area (Å²) in [5.41, 5.74) is 0.940. The molecule has 1 aliphatic heterocycles. The van der Waals surface area contributed by atoms with Crippen LogP contribution >= 0.6 is 24.0 Å². The van der Waals surface area contributed by atoms with Crippen molar-refractivity contribution in [1.29, 1.82) is 0 Å². The number of likely N-dealkylation sites (tertiary alicyclic amines) is 1. The van der Waals surface area contributed by atoms with Gasteiger partial charge in [-0.1, -0.05) is 6.07 Å². The van der Waals surface area contributed by atoms with Crippen LogP contribution in [0.15, 0.2) is 29.5 Å². The summed E-state index contributed by atoms with van der Waals surface area (Å²) >= 11 is 0. The maximum absolute atomic E-state index is 9.91. The number of halogens is 1. The van der Waals surface area contributed by atoms with Gasteiger partial charge in [-0.05, 0) is 37.5 Å². The number of piperidine rings is 1. The molecule has 3 N–H and O–H groups in total.